The molecule has 0 radical (unpaired) electrons. The zero-order chi connectivity index (χ0) is 14.7. The number of imidazole rings is 1. The summed E-state index contributed by atoms with van der Waals surface area (Å²) in [6.07, 6.45) is 2.29. The van der Waals surface area contributed by atoms with Gasteiger partial charge in [-0.05, 0) is 31.9 Å². The van der Waals surface area contributed by atoms with Crippen LogP contribution < -0.4 is 5.32 Å². The molecular weight excluding hydrogens is 266 g/mol. The van der Waals surface area contributed by atoms with Crippen LogP contribution in [0.1, 0.15) is 25.6 Å². The number of nitrogens with zero attached hydrogens (tertiary/aromatic N) is 2. The fourth-order valence-corrected chi connectivity index (χ4v) is 2.86. The molecular formula is C16H21N3O2. The summed E-state index contributed by atoms with van der Waals surface area (Å²) in [4.78, 5) is 16.6. The Balaban J connectivity index is 1.63. The summed E-state index contributed by atoms with van der Waals surface area (Å²) in [5.41, 5.74) is 2.17. The van der Waals surface area contributed by atoms with Crippen LogP contribution in [0.15, 0.2) is 24.3 Å². The SMILES string of the molecule is CCn1c(CCNC(=O)C2CCCO2)nc2ccccc21. The Bertz CT molecular complexity index is 629. The first-order valence-electron chi connectivity index (χ1n) is 7.63. The number of carbonyl (C=O) groups is 1. The normalized spacial score (nSPS) is 18.2. The maximum Gasteiger partial charge on any atom is 0.249 e. The summed E-state index contributed by atoms with van der Waals surface area (Å²) in [5, 5.41) is 2.95. The second kappa shape index (κ2) is 6.26. The average Bonchev–Trinajstić information content (AvgIpc) is 3.14. The molecule has 1 atom stereocenters. The highest BCUT2D eigenvalue weighted by molar-refractivity contribution is 5.81. The van der Waals surface area contributed by atoms with Gasteiger partial charge in [0.05, 0.1) is 11.0 Å². The number of amides is 1. The van der Waals surface area contributed by atoms with E-state index in [2.05, 4.69) is 27.9 Å². The summed E-state index contributed by atoms with van der Waals surface area (Å²) in [7, 11) is 0. The first-order valence-corrected chi connectivity index (χ1v) is 7.63. The Labute approximate surface area is 124 Å². The minimum atomic E-state index is -0.255. The Kier molecular flexibility index (Phi) is 4.20. The number of nitrogens with one attached hydrogen (secondary N) is 1. The molecule has 0 saturated carbocycles. The van der Waals surface area contributed by atoms with Gasteiger partial charge in [0.2, 0.25) is 5.91 Å². The maximum absolute atomic E-state index is 11.9. The van der Waals surface area contributed by atoms with E-state index in [-0.39, 0.29) is 12.0 Å². The smallest absolute Gasteiger partial charge is 0.249 e. The number of aryl methyl sites for hydroxylation is 1. The van der Waals surface area contributed by atoms with Crippen LogP contribution in [-0.4, -0.2) is 34.7 Å². The second-order valence-corrected chi connectivity index (χ2v) is 5.30. The van der Waals surface area contributed by atoms with Gasteiger partial charge in [0.1, 0.15) is 11.9 Å². The van der Waals surface area contributed by atoms with E-state index in [1.807, 2.05) is 18.2 Å². The number of carbonyl (C=O) groups excluding carboxylic acids is 1. The quantitative estimate of drug-likeness (QED) is 0.913. The number of hydrogen-bond donors (Lipinski definition) is 1. The van der Waals surface area contributed by atoms with Gasteiger partial charge in [-0.3, -0.25) is 4.79 Å². The van der Waals surface area contributed by atoms with Gasteiger partial charge in [-0.15, -0.1) is 0 Å². The molecule has 21 heavy (non-hydrogen) atoms. The summed E-state index contributed by atoms with van der Waals surface area (Å²) < 4.78 is 7.58. The molecule has 0 bridgehead atoms. The molecule has 2 aromatic rings. The molecule has 1 aromatic heterocycles. The molecule has 112 valence electrons. The number of para-hydroxylation sites is 2. The van der Waals surface area contributed by atoms with Crippen molar-refractivity contribution in [3.05, 3.63) is 30.1 Å². The molecule has 1 aliphatic heterocycles. The Morgan fingerprint density at radius 1 is 1.48 bits per heavy atom. The minimum Gasteiger partial charge on any atom is -0.368 e. The summed E-state index contributed by atoms with van der Waals surface area (Å²) >= 11 is 0. The van der Waals surface area contributed by atoms with Gasteiger partial charge in [0.25, 0.3) is 0 Å². The Morgan fingerprint density at radius 3 is 3.10 bits per heavy atom. The molecule has 0 spiro atoms. The largest absolute Gasteiger partial charge is 0.368 e. The van der Waals surface area contributed by atoms with Crippen LogP contribution in [0.3, 0.4) is 0 Å². The number of fused-ring (bicyclic) bond motifs is 1. The summed E-state index contributed by atoms with van der Waals surface area (Å²) in [6.45, 7) is 4.30. The molecule has 0 aliphatic carbocycles. The van der Waals surface area contributed by atoms with E-state index in [0.29, 0.717) is 13.2 Å². The van der Waals surface area contributed by atoms with E-state index in [1.165, 1.54) is 0 Å². The van der Waals surface area contributed by atoms with Crippen LogP contribution >= 0.6 is 0 Å². The highest BCUT2D eigenvalue weighted by Gasteiger charge is 2.23. The van der Waals surface area contributed by atoms with Gasteiger partial charge in [-0.2, -0.15) is 0 Å². The lowest BCUT2D eigenvalue weighted by Crippen LogP contribution is -2.35. The zero-order valence-corrected chi connectivity index (χ0v) is 12.3. The van der Waals surface area contributed by atoms with E-state index in [4.69, 9.17) is 4.74 Å². The average molecular weight is 287 g/mol. The molecule has 1 amide bonds. The number of aromatic nitrogens is 2. The van der Waals surface area contributed by atoms with Crippen LogP contribution in [0.2, 0.25) is 0 Å². The summed E-state index contributed by atoms with van der Waals surface area (Å²) in [6, 6.07) is 8.13. The predicted molar refractivity (Wildman–Crippen MR) is 81.1 cm³/mol. The van der Waals surface area contributed by atoms with Crippen molar-refractivity contribution < 1.29 is 9.53 Å². The summed E-state index contributed by atoms with van der Waals surface area (Å²) in [5.74, 6) is 1.03. The molecule has 5 heteroatoms. The van der Waals surface area contributed by atoms with Crippen molar-refractivity contribution in [2.45, 2.75) is 38.8 Å². The van der Waals surface area contributed by atoms with Gasteiger partial charge in [0, 0.05) is 26.1 Å². The first kappa shape index (κ1) is 14.1. The van der Waals surface area contributed by atoms with Crippen LogP contribution in [0.25, 0.3) is 11.0 Å². The van der Waals surface area contributed by atoms with Crippen LogP contribution in [0.5, 0.6) is 0 Å². The third-order valence-electron chi connectivity index (χ3n) is 3.92. The standard InChI is InChI=1S/C16H21N3O2/c1-2-19-13-7-4-3-6-12(13)18-15(19)9-10-17-16(20)14-8-5-11-21-14/h3-4,6-7,14H,2,5,8-11H2,1H3,(H,17,20). The third-order valence-corrected chi connectivity index (χ3v) is 3.92. The molecule has 1 aliphatic rings. The lowest BCUT2D eigenvalue weighted by Gasteiger charge is -2.10. The van der Waals surface area contributed by atoms with Crippen molar-refractivity contribution in [1.29, 1.82) is 0 Å². The van der Waals surface area contributed by atoms with E-state index in [0.717, 1.165) is 42.7 Å². The van der Waals surface area contributed by atoms with E-state index in [1.54, 1.807) is 0 Å². The monoisotopic (exact) mass is 287 g/mol. The van der Waals surface area contributed by atoms with E-state index >= 15 is 0 Å². The molecule has 1 fully saturated rings. The van der Waals surface area contributed by atoms with Gasteiger partial charge in [-0.25, -0.2) is 4.98 Å². The van der Waals surface area contributed by atoms with Crippen molar-refractivity contribution in [2.75, 3.05) is 13.2 Å². The molecule has 1 N–H and O–H groups in total. The van der Waals surface area contributed by atoms with E-state index in [9.17, 15) is 4.79 Å². The maximum atomic E-state index is 11.9. The van der Waals surface area contributed by atoms with Crippen LogP contribution in [-0.2, 0) is 22.5 Å². The van der Waals surface area contributed by atoms with Crippen LogP contribution in [0, 0.1) is 0 Å². The topological polar surface area (TPSA) is 56.2 Å². The molecule has 2 heterocycles. The third kappa shape index (κ3) is 2.93. The second-order valence-electron chi connectivity index (χ2n) is 5.30. The fraction of sp³-hybridized carbons (Fsp3) is 0.500. The van der Waals surface area contributed by atoms with Crippen molar-refractivity contribution in [3.8, 4) is 0 Å². The highest BCUT2D eigenvalue weighted by Crippen LogP contribution is 2.16. The van der Waals surface area contributed by atoms with Gasteiger partial charge in [-0.1, -0.05) is 12.1 Å². The fourth-order valence-electron chi connectivity index (χ4n) is 2.86. The Hall–Kier alpha value is -1.88. The lowest BCUT2D eigenvalue weighted by molar-refractivity contribution is -0.129. The van der Waals surface area contributed by atoms with Crippen molar-refractivity contribution in [1.82, 2.24) is 14.9 Å². The van der Waals surface area contributed by atoms with Crippen LogP contribution in [0.4, 0.5) is 0 Å². The number of ether oxygens (including phenoxy) is 1. The first-order chi connectivity index (χ1) is 10.3. The molecule has 3 rings (SSSR count). The molecule has 5 nitrogen and oxygen atoms in total. The van der Waals surface area contributed by atoms with Gasteiger partial charge >= 0.3 is 0 Å². The van der Waals surface area contributed by atoms with Crippen molar-refractivity contribution in [2.24, 2.45) is 0 Å². The van der Waals surface area contributed by atoms with Gasteiger partial charge < -0.3 is 14.6 Å². The highest BCUT2D eigenvalue weighted by atomic mass is 16.5. The molecule has 1 unspecified atom stereocenters. The number of benzene rings is 1. The van der Waals surface area contributed by atoms with Crippen molar-refractivity contribution in [3.63, 3.8) is 0 Å². The minimum absolute atomic E-state index is 0.00617. The number of rotatable bonds is 5. The van der Waals surface area contributed by atoms with E-state index < -0.39 is 0 Å². The van der Waals surface area contributed by atoms with Crippen molar-refractivity contribution >= 4 is 16.9 Å². The molecule has 1 aromatic carbocycles. The lowest BCUT2D eigenvalue weighted by atomic mass is 10.2. The predicted octanol–water partition coefficient (Wildman–Crippen LogP) is 1.89. The van der Waals surface area contributed by atoms with Gasteiger partial charge in [0.15, 0.2) is 0 Å². The number of hydrogen-bond acceptors (Lipinski definition) is 3. The Morgan fingerprint density at radius 2 is 2.33 bits per heavy atom. The zero-order valence-electron chi connectivity index (χ0n) is 12.3. The molecule has 1 saturated heterocycles.